The van der Waals surface area contributed by atoms with E-state index in [1.54, 1.807) is 0 Å². The molecule has 106 valence electrons. The summed E-state index contributed by atoms with van der Waals surface area (Å²) in [7, 11) is 0. The Kier molecular flexibility index (Phi) is 4.46. The molecular formula is C16H21N3O. The molecule has 0 atom stereocenters. The Morgan fingerprint density at radius 3 is 3.00 bits per heavy atom. The fourth-order valence-electron chi connectivity index (χ4n) is 2.57. The number of hydrogen-bond acceptors (Lipinski definition) is 3. The van der Waals surface area contributed by atoms with Crippen LogP contribution >= 0.6 is 0 Å². The Morgan fingerprint density at radius 1 is 1.25 bits per heavy atom. The average Bonchev–Trinajstić information content (AvgIpc) is 2.91. The number of H-pyrrole nitrogens is 1. The van der Waals surface area contributed by atoms with Crippen molar-refractivity contribution in [3.8, 4) is 0 Å². The number of benzene rings is 1. The lowest BCUT2D eigenvalue weighted by Crippen LogP contribution is -2.37. The minimum absolute atomic E-state index is 0.874. The van der Waals surface area contributed by atoms with Gasteiger partial charge in [0.1, 0.15) is 0 Å². The van der Waals surface area contributed by atoms with E-state index in [4.69, 9.17) is 4.74 Å². The van der Waals surface area contributed by atoms with Gasteiger partial charge in [-0.05, 0) is 12.5 Å². The summed E-state index contributed by atoms with van der Waals surface area (Å²) in [5.74, 6) is 0. The molecule has 3 rings (SSSR count). The van der Waals surface area contributed by atoms with Gasteiger partial charge in [0.15, 0.2) is 0 Å². The maximum absolute atomic E-state index is 5.34. The zero-order valence-electron chi connectivity index (χ0n) is 11.7. The Labute approximate surface area is 119 Å². The maximum Gasteiger partial charge on any atom is 0.0594 e. The van der Waals surface area contributed by atoms with Crippen LogP contribution < -0.4 is 0 Å². The number of morpholine rings is 1. The predicted molar refractivity (Wildman–Crippen MR) is 82.6 cm³/mol. The Morgan fingerprint density at radius 2 is 2.10 bits per heavy atom. The quantitative estimate of drug-likeness (QED) is 0.669. The van der Waals surface area contributed by atoms with E-state index < -0.39 is 0 Å². The van der Waals surface area contributed by atoms with Crippen LogP contribution in [0.15, 0.2) is 35.5 Å². The van der Waals surface area contributed by atoms with E-state index in [0.29, 0.717) is 0 Å². The lowest BCUT2D eigenvalue weighted by atomic mass is 10.2. The number of aromatic nitrogens is 1. The number of aliphatic imine (C=N–C) groups is 1. The summed E-state index contributed by atoms with van der Waals surface area (Å²) in [6.07, 6.45) is 5.12. The second-order valence-electron chi connectivity index (χ2n) is 5.13. The van der Waals surface area contributed by atoms with Gasteiger partial charge in [0.25, 0.3) is 0 Å². The number of ether oxygens (including phenoxy) is 1. The van der Waals surface area contributed by atoms with Crippen LogP contribution in [0.5, 0.6) is 0 Å². The highest BCUT2D eigenvalue weighted by Gasteiger charge is 2.08. The van der Waals surface area contributed by atoms with Crippen molar-refractivity contribution < 1.29 is 4.74 Å². The molecule has 0 amide bonds. The first kappa shape index (κ1) is 13.3. The number of fused-ring (bicyclic) bond motifs is 1. The highest BCUT2D eigenvalue weighted by Crippen LogP contribution is 2.15. The number of para-hydroxylation sites is 1. The molecule has 4 nitrogen and oxygen atoms in total. The molecule has 2 aromatic rings. The van der Waals surface area contributed by atoms with Gasteiger partial charge in [-0.15, -0.1) is 0 Å². The third kappa shape index (κ3) is 3.26. The molecule has 1 aliphatic heterocycles. The Bertz CT molecular complexity index is 570. The predicted octanol–water partition coefficient (Wildman–Crippen LogP) is 2.31. The first-order valence-electron chi connectivity index (χ1n) is 7.29. The molecule has 0 radical (unpaired) electrons. The molecule has 2 heterocycles. The molecule has 0 saturated carbocycles. The molecule has 1 saturated heterocycles. The Balaban J connectivity index is 1.48. The van der Waals surface area contributed by atoms with Crippen LogP contribution in [0.2, 0.25) is 0 Å². The molecule has 1 aromatic carbocycles. The molecule has 4 heteroatoms. The zero-order valence-corrected chi connectivity index (χ0v) is 11.7. The summed E-state index contributed by atoms with van der Waals surface area (Å²) in [5.41, 5.74) is 2.34. The van der Waals surface area contributed by atoms with E-state index >= 15 is 0 Å². The largest absolute Gasteiger partial charge is 0.379 e. The first-order chi connectivity index (χ1) is 9.93. The summed E-state index contributed by atoms with van der Waals surface area (Å²) in [6, 6.07) is 8.32. The second-order valence-corrected chi connectivity index (χ2v) is 5.13. The third-order valence-corrected chi connectivity index (χ3v) is 3.72. The molecule has 0 bridgehead atoms. The molecule has 1 aromatic heterocycles. The van der Waals surface area contributed by atoms with Gasteiger partial charge in [-0.1, -0.05) is 18.2 Å². The third-order valence-electron chi connectivity index (χ3n) is 3.72. The van der Waals surface area contributed by atoms with E-state index in [9.17, 15) is 0 Å². The van der Waals surface area contributed by atoms with E-state index in [1.165, 1.54) is 16.5 Å². The number of nitrogens with zero attached hydrogens (tertiary/aromatic N) is 2. The van der Waals surface area contributed by atoms with Crippen molar-refractivity contribution in [2.75, 3.05) is 39.4 Å². The second kappa shape index (κ2) is 6.68. The Hall–Kier alpha value is -1.65. The van der Waals surface area contributed by atoms with Crippen molar-refractivity contribution in [3.63, 3.8) is 0 Å². The van der Waals surface area contributed by atoms with E-state index in [0.717, 1.165) is 45.8 Å². The first-order valence-corrected chi connectivity index (χ1v) is 7.29. The van der Waals surface area contributed by atoms with Crippen LogP contribution in [0.1, 0.15) is 12.0 Å². The van der Waals surface area contributed by atoms with Crippen molar-refractivity contribution in [1.29, 1.82) is 0 Å². The topological polar surface area (TPSA) is 40.6 Å². The van der Waals surface area contributed by atoms with E-state index in [2.05, 4.69) is 33.1 Å². The van der Waals surface area contributed by atoms with Crippen molar-refractivity contribution in [3.05, 3.63) is 36.0 Å². The van der Waals surface area contributed by atoms with Crippen molar-refractivity contribution in [2.24, 2.45) is 4.99 Å². The molecule has 1 fully saturated rings. The van der Waals surface area contributed by atoms with Gasteiger partial charge in [-0.2, -0.15) is 0 Å². The van der Waals surface area contributed by atoms with Crippen LogP contribution in [-0.2, 0) is 4.74 Å². The van der Waals surface area contributed by atoms with Crippen molar-refractivity contribution in [2.45, 2.75) is 6.42 Å². The summed E-state index contributed by atoms with van der Waals surface area (Å²) in [6.45, 7) is 5.88. The monoisotopic (exact) mass is 271 g/mol. The van der Waals surface area contributed by atoms with E-state index in [-0.39, 0.29) is 0 Å². The molecule has 20 heavy (non-hydrogen) atoms. The van der Waals surface area contributed by atoms with Crippen LogP contribution in [0.3, 0.4) is 0 Å². The zero-order chi connectivity index (χ0) is 13.6. The normalized spacial score (nSPS) is 17.2. The van der Waals surface area contributed by atoms with Crippen molar-refractivity contribution in [1.82, 2.24) is 9.88 Å². The minimum atomic E-state index is 0.874. The number of hydrogen-bond donors (Lipinski definition) is 1. The summed E-state index contributed by atoms with van der Waals surface area (Å²) in [5, 5.41) is 1.24. The molecule has 0 unspecified atom stereocenters. The van der Waals surface area contributed by atoms with Crippen LogP contribution in [0, 0.1) is 0 Å². The summed E-state index contributed by atoms with van der Waals surface area (Å²) in [4.78, 5) is 10.3. The van der Waals surface area contributed by atoms with E-state index in [1.807, 2.05) is 18.5 Å². The standard InChI is InChI=1S/C16H21N3O/c1-2-5-16-15(4-1)14(13-18-16)12-17-6-3-7-19-8-10-20-11-9-19/h1-2,4-5,12-13,18H,3,6-11H2. The van der Waals surface area contributed by atoms with Crippen LogP contribution in [-0.4, -0.2) is 55.5 Å². The maximum atomic E-state index is 5.34. The molecule has 0 aliphatic carbocycles. The number of aromatic amines is 1. The fraction of sp³-hybridized carbons (Fsp3) is 0.438. The summed E-state index contributed by atoms with van der Waals surface area (Å²) < 4.78 is 5.34. The molecule has 1 aliphatic rings. The smallest absolute Gasteiger partial charge is 0.0594 e. The lowest BCUT2D eigenvalue weighted by Gasteiger charge is -2.26. The van der Waals surface area contributed by atoms with Gasteiger partial charge in [0.2, 0.25) is 0 Å². The van der Waals surface area contributed by atoms with Gasteiger partial charge >= 0.3 is 0 Å². The number of nitrogens with one attached hydrogen (secondary N) is 1. The van der Waals surface area contributed by atoms with Crippen molar-refractivity contribution >= 4 is 17.1 Å². The molecular weight excluding hydrogens is 250 g/mol. The lowest BCUT2D eigenvalue weighted by molar-refractivity contribution is 0.0377. The molecule has 1 N–H and O–H groups in total. The van der Waals surface area contributed by atoms with Gasteiger partial charge in [-0.3, -0.25) is 9.89 Å². The molecule has 0 spiro atoms. The number of rotatable bonds is 5. The fourth-order valence-corrected chi connectivity index (χ4v) is 2.57. The summed E-state index contributed by atoms with van der Waals surface area (Å²) >= 11 is 0. The van der Waals surface area contributed by atoms with Gasteiger partial charge in [0, 0.05) is 55.1 Å². The van der Waals surface area contributed by atoms with Crippen LogP contribution in [0.4, 0.5) is 0 Å². The highest BCUT2D eigenvalue weighted by molar-refractivity contribution is 5.98. The highest BCUT2D eigenvalue weighted by atomic mass is 16.5. The van der Waals surface area contributed by atoms with Gasteiger partial charge < -0.3 is 9.72 Å². The van der Waals surface area contributed by atoms with Gasteiger partial charge in [-0.25, -0.2) is 0 Å². The van der Waals surface area contributed by atoms with Gasteiger partial charge in [0.05, 0.1) is 13.2 Å². The minimum Gasteiger partial charge on any atom is -0.379 e. The van der Waals surface area contributed by atoms with Crippen LogP contribution in [0.25, 0.3) is 10.9 Å². The SMILES string of the molecule is C(=NCCCN1CCOCC1)c1c[nH]c2ccccc12. The average molecular weight is 271 g/mol.